The molecular weight excluding hydrogens is 569 g/mol. The van der Waals surface area contributed by atoms with Crippen LogP contribution in [-0.2, 0) is 23.1 Å². The van der Waals surface area contributed by atoms with E-state index in [4.69, 9.17) is 4.74 Å². The van der Waals surface area contributed by atoms with Gasteiger partial charge in [0.1, 0.15) is 17.3 Å². The lowest BCUT2D eigenvalue weighted by Gasteiger charge is -2.38. The van der Waals surface area contributed by atoms with Crippen molar-refractivity contribution in [2.45, 2.75) is 32.0 Å². The summed E-state index contributed by atoms with van der Waals surface area (Å²) < 4.78 is 44.5. The number of halogens is 1. The Bertz CT molecular complexity index is 1590. The minimum Gasteiger partial charge on any atom is -0.457 e. The summed E-state index contributed by atoms with van der Waals surface area (Å²) >= 11 is 0. The lowest BCUT2D eigenvalue weighted by molar-refractivity contribution is 0.119. The second-order valence-corrected chi connectivity index (χ2v) is 12.3. The van der Waals surface area contributed by atoms with Crippen LogP contribution in [0.5, 0.6) is 11.5 Å². The lowest BCUT2D eigenvalue weighted by Crippen LogP contribution is -2.48. The number of urea groups is 1. The number of rotatable bonds is 10. The molecule has 11 heteroatoms. The molecule has 0 unspecified atom stereocenters. The van der Waals surface area contributed by atoms with Gasteiger partial charge >= 0.3 is 6.03 Å². The van der Waals surface area contributed by atoms with Crippen LogP contribution in [0, 0.1) is 5.82 Å². The van der Waals surface area contributed by atoms with E-state index in [0.29, 0.717) is 29.4 Å². The molecular formula is C32H34FN5O4S. The van der Waals surface area contributed by atoms with Crippen LogP contribution in [-0.4, -0.2) is 54.6 Å². The van der Waals surface area contributed by atoms with Crippen molar-refractivity contribution in [2.24, 2.45) is 0 Å². The van der Waals surface area contributed by atoms with Crippen molar-refractivity contribution in [3.63, 3.8) is 0 Å². The van der Waals surface area contributed by atoms with Gasteiger partial charge < -0.3 is 15.0 Å². The molecule has 224 valence electrons. The Morgan fingerprint density at radius 1 is 0.930 bits per heavy atom. The number of nitrogens with zero attached hydrogens (tertiary/aromatic N) is 3. The molecule has 1 saturated heterocycles. The average Bonchev–Trinajstić information content (AvgIpc) is 2.99. The fourth-order valence-electron chi connectivity index (χ4n) is 5.03. The quantitative estimate of drug-likeness (QED) is 0.228. The van der Waals surface area contributed by atoms with E-state index >= 15 is 0 Å². The second kappa shape index (κ2) is 13.7. The molecule has 1 fully saturated rings. The van der Waals surface area contributed by atoms with Crippen LogP contribution in [0.3, 0.4) is 0 Å². The second-order valence-electron chi connectivity index (χ2n) is 10.6. The van der Waals surface area contributed by atoms with Crippen molar-refractivity contribution < 1.29 is 22.3 Å². The monoisotopic (exact) mass is 603 g/mol. The Kier molecular flexibility index (Phi) is 9.53. The van der Waals surface area contributed by atoms with Gasteiger partial charge in [0, 0.05) is 56.0 Å². The van der Waals surface area contributed by atoms with Crippen LogP contribution in [0.2, 0.25) is 0 Å². The normalized spacial score (nSPS) is 14.2. The molecule has 5 rings (SSSR count). The number of aromatic nitrogens is 1. The number of carbonyl (C=O) groups is 1. The van der Waals surface area contributed by atoms with E-state index in [2.05, 4.69) is 19.9 Å². The highest BCUT2D eigenvalue weighted by Crippen LogP contribution is 2.26. The fraction of sp³-hybridized carbons (Fsp3) is 0.250. The molecule has 1 aliphatic rings. The van der Waals surface area contributed by atoms with Crippen molar-refractivity contribution in [2.75, 3.05) is 29.4 Å². The standard InChI is InChI=1S/C32H34FN5O4S/c1-43(40,41)36-28-10-14-31(15-11-28)42-30-12-4-24(5-13-30)22-37-19-16-29(17-20-37)38(23-25-3-2-18-34-21-25)32(39)35-27-8-6-26(33)7-9-27/h2-15,18,21,29,36H,16-17,19-20,22-23H2,1H3,(H,35,39). The summed E-state index contributed by atoms with van der Waals surface area (Å²) in [4.78, 5) is 21.8. The molecule has 2 N–H and O–H groups in total. The third-order valence-corrected chi connectivity index (χ3v) is 7.76. The summed E-state index contributed by atoms with van der Waals surface area (Å²) in [5, 5.41) is 2.92. The van der Waals surface area contributed by atoms with Gasteiger partial charge in [-0.1, -0.05) is 18.2 Å². The highest BCUT2D eigenvalue weighted by molar-refractivity contribution is 7.92. The summed E-state index contributed by atoms with van der Waals surface area (Å²) in [7, 11) is -3.33. The van der Waals surface area contributed by atoms with Gasteiger partial charge in [0.2, 0.25) is 10.0 Å². The van der Waals surface area contributed by atoms with Gasteiger partial charge in [0.15, 0.2) is 0 Å². The number of hydrogen-bond acceptors (Lipinski definition) is 6. The Hall–Kier alpha value is -4.48. The Morgan fingerprint density at radius 3 is 2.16 bits per heavy atom. The molecule has 0 spiro atoms. The fourth-order valence-corrected chi connectivity index (χ4v) is 5.60. The SMILES string of the molecule is CS(=O)(=O)Nc1ccc(Oc2ccc(CN3CCC(N(Cc4cccnc4)C(=O)Nc4ccc(F)cc4)CC3)cc2)cc1. The topological polar surface area (TPSA) is 104 Å². The number of hydrogen-bond donors (Lipinski definition) is 2. The number of nitrogens with one attached hydrogen (secondary N) is 2. The van der Waals surface area contributed by atoms with E-state index in [0.717, 1.165) is 49.9 Å². The molecule has 0 bridgehead atoms. The molecule has 3 aromatic carbocycles. The van der Waals surface area contributed by atoms with Crippen molar-refractivity contribution in [3.05, 3.63) is 114 Å². The Labute approximate surface area is 251 Å². The molecule has 2 heterocycles. The predicted molar refractivity (Wildman–Crippen MR) is 165 cm³/mol. The zero-order valence-electron chi connectivity index (χ0n) is 23.8. The Balaban J connectivity index is 1.15. The number of ether oxygens (including phenoxy) is 1. The number of piperidine rings is 1. The maximum atomic E-state index is 13.4. The Morgan fingerprint density at radius 2 is 1.56 bits per heavy atom. The van der Waals surface area contributed by atoms with Crippen molar-refractivity contribution in [1.82, 2.24) is 14.8 Å². The summed E-state index contributed by atoms with van der Waals surface area (Å²) in [5.74, 6) is 0.938. The molecule has 4 aromatic rings. The first kappa shape index (κ1) is 30.0. The van der Waals surface area contributed by atoms with E-state index < -0.39 is 10.0 Å². The van der Waals surface area contributed by atoms with Crippen molar-refractivity contribution in [3.8, 4) is 11.5 Å². The zero-order valence-corrected chi connectivity index (χ0v) is 24.6. The van der Waals surface area contributed by atoms with E-state index in [1.165, 1.54) is 12.1 Å². The van der Waals surface area contributed by atoms with E-state index in [1.807, 2.05) is 41.3 Å². The van der Waals surface area contributed by atoms with Crippen LogP contribution in [0.1, 0.15) is 24.0 Å². The first-order chi connectivity index (χ1) is 20.7. The number of amides is 2. The molecule has 43 heavy (non-hydrogen) atoms. The molecule has 0 aliphatic carbocycles. The largest absolute Gasteiger partial charge is 0.457 e. The van der Waals surface area contributed by atoms with Crippen LogP contribution >= 0.6 is 0 Å². The van der Waals surface area contributed by atoms with Crippen LogP contribution in [0.4, 0.5) is 20.6 Å². The highest BCUT2D eigenvalue weighted by atomic mass is 32.2. The van der Waals surface area contributed by atoms with Gasteiger partial charge in [-0.2, -0.15) is 0 Å². The van der Waals surface area contributed by atoms with Gasteiger partial charge in [0.25, 0.3) is 0 Å². The number of sulfonamides is 1. The molecule has 0 atom stereocenters. The zero-order chi connectivity index (χ0) is 30.2. The lowest BCUT2D eigenvalue weighted by atomic mass is 10.0. The maximum absolute atomic E-state index is 13.4. The number of carbonyl (C=O) groups excluding carboxylic acids is 1. The molecule has 0 radical (unpaired) electrons. The van der Waals surface area contributed by atoms with Gasteiger partial charge in [-0.05, 0) is 90.7 Å². The maximum Gasteiger partial charge on any atom is 0.322 e. The summed E-state index contributed by atoms with van der Waals surface area (Å²) in [6.45, 7) is 2.89. The number of likely N-dealkylation sites (tertiary alicyclic amines) is 1. The first-order valence-electron chi connectivity index (χ1n) is 14.0. The van der Waals surface area contributed by atoms with E-state index in [1.54, 1.807) is 48.8 Å². The summed E-state index contributed by atoms with van der Waals surface area (Å²) in [5.41, 5.74) is 3.12. The number of pyridine rings is 1. The molecule has 9 nitrogen and oxygen atoms in total. The van der Waals surface area contributed by atoms with Gasteiger partial charge in [-0.3, -0.25) is 14.6 Å². The predicted octanol–water partition coefficient (Wildman–Crippen LogP) is 6.08. The van der Waals surface area contributed by atoms with E-state index in [-0.39, 0.29) is 17.9 Å². The van der Waals surface area contributed by atoms with Gasteiger partial charge in [-0.15, -0.1) is 0 Å². The van der Waals surface area contributed by atoms with Crippen LogP contribution in [0.15, 0.2) is 97.3 Å². The summed E-state index contributed by atoms with van der Waals surface area (Å²) in [6.07, 6.45) is 6.23. The minimum atomic E-state index is -3.33. The highest BCUT2D eigenvalue weighted by Gasteiger charge is 2.28. The van der Waals surface area contributed by atoms with Crippen LogP contribution in [0.25, 0.3) is 0 Å². The third-order valence-electron chi connectivity index (χ3n) is 7.15. The average molecular weight is 604 g/mol. The molecule has 1 aromatic heterocycles. The molecule has 2 amide bonds. The van der Waals surface area contributed by atoms with Gasteiger partial charge in [-0.25, -0.2) is 17.6 Å². The van der Waals surface area contributed by atoms with Gasteiger partial charge in [0.05, 0.1) is 6.26 Å². The first-order valence-corrected chi connectivity index (χ1v) is 15.9. The molecule has 0 saturated carbocycles. The summed E-state index contributed by atoms with van der Waals surface area (Å²) in [6, 6.07) is 24.1. The van der Waals surface area contributed by atoms with E-state index in [9.17, 15) is 17.6 Å². The van der Waals surface area contributed by atoms with Crippen molar-refractivity contribution >= 4 is 27.4 Å². The third kappa shape index (κ3) is 9.00. The smallest absolute Gasteiger partial charge is 0.322 e. The van der Waals surface area contributed by atoms with Crippen molar-refractivity contribution in [1.29, 1.82) is 0 Å². The van der Waals surface area contributed by atoms with Crippen LogP contribution < -0.4 is 14.8 Å². The molecule has 1 aliphatic heterocycles. The number of anilines is 2. The minimum absolute atomic E-state index is 0.0479. The number of benzene rings is 3.